The Morgan fingerprint density at radius 1 is 0.941 bits per heavy atom. The number of ether oxygens (including phenoxy) is 3. The summed E-state index contributed by atoms with van der Waals surface area (Å²) in [7, 11) is 0. The highest BCUT2D eigenvalue weighted by molar-refractivity contribution is 6.09. The fourth-order valence-corrected chi connectivity index (χ4v) is 3.52. The third kappa shape index (κ3) is 6.57. The van der Waals surface area contributed by atoms with Crippen LogP contribution in [0, 0.1) is 0 Å². The minimum absolute atomic E-state index is 0.174. The first-order valence-electron chi connectivity index (χ1n) is 11.1. The van der Waals surface area contributed by atoms with Crippen LogP contribution in [0.4, 0.5) is 5.69 Å². The van der Waals surface area contributed by atoms with Crippen molar-refractivity contribution in [3.8, 4) is 5.75 Å². The van der Waals surface area contributed by atoms with Crippen molar-refractivity contribution >= 4 is 29.4 Å². The van der Waals surface area contributed by atoms with Gasteiger partial charge in [0.15, 0.2) is 0 Å². The summed E-state index contributed by atoms with van der Waals surface area (Å²) in [4.78, 5) is 51.8. The number of anilines is 1. The van der Waals surface area contributed by atoms with Crippen LogP contribution in [0.1, 0.15) is 36.2 Å². The van der Waals surface area contributed by atoms with Crippen molar-refractivity contribution in [2.75, 3.05) is 37.8 Å². The number of benzene rings is 2. The van der Waals surface area contributed by atoms with Crippen molar-refractivity contribution in [2.45, 2.75) is 26.8 Å². The van der Waals surface area contributed by atoms with Gasteiger partial charge in [0.1, 0.15) is 18.8 Å². The van der Waals surface area contributed by atoms with Crippen LogP contribution in [0.5, 0.6) is 5.75 Å². The quantitative estimate of drug-likeness (QED) is 0.412. The molecule has 2 aromatic carbocycles. The molecule has 0 atom stereocenters. The molecule has 9 heteroatoms. The summed E-state index contributed by atoms with van der Waals surface area (Å²) in [6.07, 6.45) is 0.551. The second-order valence-corrected chi connectivity index (χ2v) is 7.64. The van der Waals surface area contributed by atoms with Crippen molar-refractivity contribution < 1.29 is 33.4 Å². The minimum atomic E-state index is -0.489. The molecule has 2 amide bonds. The number of hydrogen-bond donors (Lipinski definition) is 0. The highest BCUT2D eigenvalue weighted by atomic mass is 16.5. The van der Waals surface area contributed by atoms with Crippen LogP contribution < -0.4 is 9.64 Å². The van der Waals surface area contributed by atoms with Crippen molar-refractivity contribution in [3.05, 3.63) is 59.7 Å². The normalized spacial score (nSPS) is 13.1. The van der Waals surface area contributed by atoms with E-state index < -0.39 is 5.97 Å². The first-order valence-corrected chi connectivity index (χ1v) is 11.1. The van der Waals surface area contributed by atoms with Gasteiger partial charge < -0.3 is 19.1 Å². The number of amides is 2. The zero-order valence-electron chi connectivity index (χ0n) is 19.3. The summed E-state index contributed by atoms with van der Waals surface area (Å²) in [6, 6.07) is 13.9. The highest BCUT2D eigenvalue weighted by Crippen LogP contribution is 2.27. The molecule has 0 radical (unpaired) electrons. The van der Waals surface area contributed by atoms with Gasteiger partial charge in [0.2, 0.25) is 5.91 Å². The molecule has 0 aliphatic carbocycles. The summed E-state index contributed by atoms with van der Waals surface area (Å²) in [6.45, 7) is 3.77. The van der Waals surface area contributed by atoms with Gasteiger partial charge in [-0.05, 0) is 42.8 Å². The third-order valence-corrected chi connectivity index (χ3v) is 5.12. The molecule has 0 N–H and O–H groups in total. The molecule has 0 bridgehead atoms. The van der Waals surface area contributed by atoms with Crippen molar-refractivity contribution in [3.63, 3.8) is 0 Å². The molecule has 0 spiro atoms. The summed E-state index contributed by atoms with van der Waals surface area (Å²) < 4.78 is 15.5. The first kappa shape index (κ1) is 24.8. The molecule has 1 aliphatic heterocycles. The molecule has 0 saturated heterocycles. The van der Waals surface area contributed by atoms with Gasteiger partial charge in [-0.3, -0.25) is 24.1 Å². The van der Waals surface area contributed by atoms with Crippen LogP contribution in [-0.2, 0) is 30.4 Å². The number of para-hydroxylation sites is 1. The van der Waals surface area contributed by atoms with Gasteiger partial charge in [0, 0.05) is 31.1 Å². The van der Waals surface area contributed by atoms with Gasteiger partial charge in [-0.25, -0.2) is 0 Å². The molecule has 9 nitrogen and oxygen atoms in total. The van der Waals surface area contributed by atoms with E-state index in [0.29, 0.717) is 30.0 Å². The molecule has 0 fully saturated rings. The first-order chi connectivity index (χ1) is 16.4. The van der Waals surface area contributed by atoms with Crippen LogP contribution in [0.3, 0.4) is 0 Å². The Hall–Kier alpha value is -3.88. The zero-order chi connectivity index (χ0) is 24.5. The number of fused-ring (bicyclic) bond motifs is 1. The van der Waals surface area contributed by atoms with Crippen molar-refractivity contribution in [1.82, 2.24) is 4.90 Å². The van der Waals surface area contributed by atoms with E-state index >= 15 is 0 Å². The van der Waals surface area contributed by atoms with E-state index in [2.05, 4.69) is 0 Å². The fourth-order valence-electron chi connectivity index (χ4n) is 3.52. The third-order valence-electron chi connectivity index (χ3n) is 5.12. The molecule has 34 heavy (non-hydrogen) atoms. The lowest BCUT2D eigenvalue weighted by Crippen LogP contribution is -2.42. The van der Waals surface area contributed by atoms with Gasteiger partial charge >= 0.3 is 11.9 Å². The maximum absolute atomic E-state index is 13.3. The van der Waals surface area contributed by atoms with Crippen molar-refractivity contribution in [2.24, 2.45) is 0 Å². The molecule has 0 saturated carbocycles. The summed E-state index contributed by atoms with van der Waals surface area (Å²) in [5.41, 5.74) is 1.78. The van der Waals surface area contributed by atoms with E-state index in [1.165, 1.54) is 16.7 Å². The Balaban J connectivity index is 1.70. The lowest BCUT2D eigenvalue weighted by atomic mass is 10.1. The van der Waals surface area contributed by atoms with E-state index in [4.69, 9.17) is 14.2 Å². The molecule has 180 valence electrons. The Morgan fingerprint density at radius 3 is 2.38 bits per heavy atom. The predicted molar refractivity (Wildman–Crippen MR) is 123 cm³/mol. The molecular weight excluding hydrogens is 440 g/mol. The lowest BCUT2D eigenvalue weighted by Gasteiger charge is -2.22. The van der Waals surface area contributed by atoms with Crippen LogP contribution in [0.25, 0.3) is 0 Å². The van der Waals surface area contributed by atoms with Crippen LogP contribution in [0.15, 0.2) is 48.5 Å². The topological polar surface area (TPSA) is 102 Å². The Morgan fingerprint density at radius 2 is 1.68 bits per heavy atom. The molecule has 2 aromatic rings. The van der Waals surface area contributed by atoms with Gasteiger partial charge in [-0.1, -0.05) is 18.2 Å². The average Bonchev–Trinajstić information content (AvgIpc) is 2.95. The summed E-state index contributed by atoms with van der Waals surface area (Å²) >= 11 is 0. The van der Waals surface area contributed by atoms with E-state index in [1.807, 2.05) is 12.1 Å². The Kier molecular flexibility index (Phi) is 8.61. The van der Waals surface area contributed by atoms with Crippen LogP contribution >= 0.6 is 0 Å². The fraction of sp³-hybridized carbons (Fsp3) is 0.360. The van der Waals surface area contributed by atoms with Crippen LogP contribution in [0.2, 0.25) is 0 Å². The average molecular weight is 469 g/mol. The van der Waals surface area contributed by atoms with Gasteiger partial charge in [-0.15, -0.1) is 0 Å². The molecular formula is C25H28N2O7. The molecule has 1 aliphatic rings. The SMILES string of the molecule is CCOC(=O)CN1Cc2ccccc2N(C(=O)c2ccc(OCCCOC(C)=O)cc2)CC1=O. The number of carbonyl (C=O) groups is 4. The van der Waals surface area contributed by atoms with E-state index in [-0.39, 0.29) is 50.6 Å². The summed E-state index contributed by atoms with van der Waals surface area (Å²) in [5, 5.41) is 0. The predicted octanol–water partition coefficient (Wildman–Crippen LogP) is 2.57. The molecule has 0 unspecified atom stereocenters. The molecule has 3 rings (SSSR count). The van der Waals surface area contributed by atoms with Gasteiger partial charge in [0.05, 0.1) is 19.8 Å². The molecule has 1 heterocycles. The number of esters is 2. The van der Waals surface area contributed by atoms with Gasteiger partial charge in [0.25, 0.3) is 5.91 Å². The maximum atomic E-state index is 13.3. The lowest BCUT2D eigenvalue weighted by molar-refractivity contribution is -0.148. The maximum Gasteiger partial charge on any atom is 0.325 e. The largest absolute Gasteiger partial charge is 0.493 e. The zero-order valence-corrected chi connectivity index (χ0v) is 19.3. The Labute approximate surface area is 198 Å². The second-order valence-electron chi connectivity index (χ2n) is 7.64. The summed E-state index contributed by atoms with van der Waals surface area (Å²) in [5.74, 6) is -0.921. The van der Waals surface area contributed by atoms with Gasteiger partial charge in [-0.2, -0.15) is 0 Å². The highest BCUT2D eigenvalue weighted by Gasteiger charge is 2.30. The smallest absolute Gasteiger partial charge is 0.325 e. The number of carbonyl (C=O) groups excluding carboxylic acids is 4. The standard InChI is InChI=1S/C25H28N2O7/c1-3-32-24(30)17-26-15-20-7-4-5-8-22(20)27(16-23(26)29)25(31)19-9-11-21(12-10-19)34-14-6-13-33-18(2)28/h4-5,7-12H,3,6,13-17H2,1-2H3. The monoisotopic (exact) mass is 468 g/mol. The number of rotatable bonds is 9. The second kappa shape index (κ2) is 11.8. The number of hydrogen-bond acceptors (Lipinski definition) is 7. The van der Waals surface area contributed by atoms with E-state index in [0.717, 1.165) is 5.56 Å². The number of nitrogens with zero attached hydrogens (tertiary/aromatic N) is 2. The van der Waals surface area contributed by atoms with Crippen molar-refractivity contribution in [1.29, 1.82) is 0 Å². The van der Waals surface area contributed by atoms with Crippen LogP contribution in [-0.4, -0.2) is 61.6 Å². The van der Waals surface area contributed by atoms with E-state index in [9.17, 15) is 19.2 Å². The Bertz CT molecular complexity index is 1040. The molecule has 0 aromatic heterocycles. The van der Waals surface area contributed by atoms with E-state index in [1.54, 1.807) is 43.3 Å². The minimum Gasteiger partial charge on any atom is -0.493 e.